The Morgan fingerprint density at radius 2 is 1.54 bits per heavy atom. The quantitative estimate of drug-likeness (QED) is 0.535. The molecule has 4 amide bonds. The number of aliphatic hydroxyl groups excluding tert-OH is 1. The van der Waals surface area contributed by atoms with Crippen molar-refractivity contribution in [3.05, 3.63) is 90.5 Å². The number of nitrogens with zero attached hydrogens (tertiary/aromatic N) is 2. The minimum atomic E-state index is -1.29. The van der Waals surface area contributed by atoms with Gasteiger partial charge in [0.05, 0.1) is 5.69 Å². The Morgan fingerprint density at radius 1 is 0.914 bits per heavy atom. The predicted octanol–water partition coefficient (Wildman–Crippen LogP) is 3.63. The highest BCUT2D eigenvalue weighted by Crippen LogP contribution is 2.32. The van der Waals surface area contributed by atoms with Crippen molar-refractivity contribution in [3.63, 3.8) is 0 Å². The molecule has 35 heavy (non-hydrogen) atoms. The molecule has 3 aromatic rings. The van der Waals surface area contributed by atoms with Gasteiger partial charge in [-0.2, -0.15) is 0 Å². The number of nitrogens with one attached hydrogen (secondary N) is 1. The van der Waals surface area contributed by atoms with E-state index in [0.29, 0.717) is 42.1 Å². The number of imide groups is 1. The van der Waals surface area contributed by atoms with Gasteiger partial charge in [-0.15, -0.1) is 0 Å². The largest absolute Gasteiger partial charge is 0.457 e. The lowest BCUT2D eigenvalue weighted by molar-refractivity contribution is -0.131. The van der Waals surface area contributed by atoms with E-state index in [2.05, 4.69) is 5.32 Å². The summed E-state index contributed by atoms with van der Waals surface area (Å²) in [5, 5.41) is 13.2. The van der Waals surface area contributed by atoms with Crippen LogP contribution in [0.4, 0.5) is 10.5 Å². The van der Waals surface area contributed by atoms with Crippen LogP contribution in [-0.2, 0) is 9.59 Å². The molecule has 2 aliphatic heterocycles. The highest BCUT2D eigenvalue weighted by molar-refractivity contribution is 6.21. The van der Waals surface area contributed by atoms with Gasteiger partial charge in [0.25, 0.3) is 11.8 Å². The van der Waals surface area contributed by atoms with E-state index in [0.717, 1.165) is 0 Å². The summed E-state index contributed by atoms with van der Waals surface area (Å²) in [6.07, 6.45) is -0.493. The molecule has 2 saturated heterocycles. The van der Waals surface area contributed by atoms with Crippen molar-refractivity contribution in [1.82, 2.24) is 10.2 Å². The van der Waals surface area contributed by atoms with Crippen molar-refractivity contribution in [3.8, 4) is 11.5 Å². The zero-order chi connectivity index (χ0) is 24.4. The van der Waals surface area contributed by atoms with Gasteiger partial charge in [0.15, 0.2) is 6.10 Å². The number of piperidine rings is 1. The zero-order valence-electron chi connectivity index (χ0n) is 18.9. The van der Waals surface area contributed by atoms with E-state index in [1.165, 1.54) is 4.90 Å². The molecule has 0 radical (unpaired) electrons. The second-order valence-corrected chi connectivity index (χ2v) is 8.62. The van der Waals surface area contributed by atoms with Crippen LogP contribution >= 0.6 is 0 Å². The molecule has 0 unspecified atom stereocenters. The fourth-order valence-electron chi connectivity index (χ4n) is 4.52. The maximum absolute atomic E-state index is 13.2. The number of hydrogen-bond donors (Lipinski definition) is 2. The van der Waals surface area contributed by atoms with Gasteiger partial charge >= 0.3 is 6.03 Å². The van der Waals surface area contributed by atoms with Gasteiger partial charge in [-0.3, -0.25) is 9.59 Å². The van der Waals surface area contributed by atoms with E-state index >= 15 is 0 Å². The predicted molar refractivity (Wildman–Crippen MR) is 129 cm³/mol. The molecule has 0 spiro atoms. The van der Waals surface area contributed by atoms with Gasteiger partial charge in [-0.25, -0.2) is 9.69 Å². The summed E-state index contributed by atoms with van der Waals surface area (Å²) < 4.78 is 5.79. The normalized spacial score (nSPS) is 20.4. The standard InChI is InChI=1S/C27H25N3O5/c31-24(18-7-3-1-4-8-18)25(32)28-19-15-16-29-23(17-19)26(33)30(27(29)34)20-11-13-22(14-12-20)35-21-9-5-2-6-10-21/h1-14,19,23-24,31H,15-17H2,(H,28,32)/t19-,23-,24-/m0/s1. The van der Waals surface area contributed by atoms with Crippen LogP contribution in [0.1, 0.15) is 24.5 Å². The number of anilines is 1. The average Bonchev–Trinajstić information content (AvgIpc) is 3.14. The minimum absolute atomic E-state index is 0.295. The molecule has 2 fully saturated rings. The number of fused-ring (bicyclic) bond motifs is 1. The third-order valence-corrected chi connectivity index (χ3v) is 6.33. The molecule has 0 aliphatic carbocycles. The van der Waals surface area contributed by atoms with Crippen molar-refractivity contribution < 1.29 is 24.2 Å². The van der Waals surface area contributed by atoms with E-state index in [-0.39, 0.29) is 18.0 Å². The van der Waals surface area contributed by atoms with Crippen LogP contribution in [0.2, 0.25) is 0 Å². The lowest BCUT2D eigenvalue weighted by Crippen LogP contribution is -2.50. The highest BCUT2D eigenvalue weighted by Gasteiger charge is 2.48. The maximum Gasteiger partial charge on any atom is 0.332 e. The molecule has 2 N–H and O–H groups in total. The Hall–Kier alpha value is -4.17. The number of amides is 4. The summed E-state index contributed by atoms with van der Waals surface area (Å²) in [4.78, 5) is 41.5. The molecular weight excluding hydrogens is 446 g/mol. The lowest BCUT2D eigenvalue weighted by atomic mass is 9.97. The Kier molecular flexibility index (Phi) is 6.20. The summed E-state index contributed by atoms with van der Waals surface area (Å²) >= 11 is 0. The molecule has 2 aliphatic rings. The number of para-hydroxylation sites is 1. The average molecular weight is 472 g/mol. The first-order valence-corrected chi connectivity index (χ1v) is 11.5. The van der Waals surface area contributed by atoms with Crippen LogP contribution in [0.3, 0.4) is 0 Å². The number of rotatable bonds is 6. The van der Waals surface area contributed by atoms with E-state index in [9.17, 15) is 19.5 Å². The molecule has 3 aromatic carbocycles. The van der Waals surface area contributed by atoms with Gasteiger partial charge in [0, 0.05) is 12.6 Å². The van der Waals surface area contributed by atoms with Crippen LogP contribution in [0, 0.1) is 0 Å². The third-order valence-electron chi connectivity index (χ3n) is 6.33. The molecule has 0 aromatic heterocycles. The van der Waals surface area contributed by atoms with Crippen LogP contribution in [0.15, 0.2) is 84.9 Å². The molecule has 2 heterocycles. The number of hydrogen-bond acceptors (Lipinski definition) is 5. The molecule has 5 rings (SSSR count). The first kappa shape index (κ1) is 22.6. The Balaban J connectivity index is 1.24. The van der Waals surface area contributed by atoms with E-state index in [1.54, 1.807) is 53.4 Å². The molecule has 3 atom stereocenters. The molecule has 8 nitrogen and oxygen atoms in total. The van der Waals surface area contributed by atoms with E-state index in [1.807, 2.05) is 36.4 Å². The van der Waals surface area contributed by atoms with E-state index < -0.39 is 18.1 Å². The smallest absolute Gasteiger partial charge is 0.332 e. The number of aliphatic hydroxyl groups is 1. The van der Waals surface area contributed by atoms with Gasteiger partial charge in [0.1, 0.15) is 17.5 Å². The molecule has 0 bridgehead atoms. The zero-order valence-corrected chi connectivity index (χ0v) is 18.9. The van der Waals surface area contributed by atoms with Crippen LogP contribution in [-0.4, -0.2) is 46.5 Å². The van der Waals surface area contributed by atoms with E-state index in [4.69, 9.17) is 4.74 Å². The van der Waals surface area contributed by atoms with Crippen molar-refractivity contribution in [2.45, 2.75) is 31.0 Å². The fraction of sp³-hybridized carbons (Fsp3) is 0.222. The molecular formula is C27H25N3O5. The monoisotopic (exact) mass is 471 g/mol. The van der Waals surface area contributed by atoms with Crippen LogP contribution < -0.4 is 15.0 Å². The van der Waals surface area contributed by atoms with Crippen molar-refractivity contribution in [2.75, 3.05) is 11.4 Å². The summed E-state index contributed by atoms with van der Waals surface area (Å²) in [7, 11) is 0. The first-order chi connectivity index (χ1) is 17.0. The second-order valence-electron chi connectivity index (χ2n) is 8.62. The molecule has 178 valence electrons. The summed E-state index contributed by atoms with van der Waals surface area (Å²) in [6, 6.07) is 23.5. The Labute approximate surface area is 202 Å². The van der Waals surface area contributed by atoms with Crippen molar-refractivity contribution >= 4 is 23.5 Å². The van der Waals surface area contributed by atoms with Gasteiger partial charge in [-0.1, -0.05) is 48.5 Å². The number of carbonyl (C=O) groups excluding carboxylic acids is 3. The SMILES string of the molecule is O=C(N[C@H]1CCN2C(=O)N(c3ccc(Oc4ccccc4)cc3)C(=O)[C@@H]2C1)[C@@H](O)c1ccccc1. The topological polar surface area (TPSA) is 99.2 Å². The highest BCUT2D eigenvalue weighted by atomic mass is 16.5. The van der Waals surface area contributed by atoms with Crippen LogP contribution in [0.25, 0.3) is 0 Å². The summed E-state index contributed by atoms with van der Waals surface area (Å²) in [5.41, 5.74) is 0.968. The maximum atomic E-state index is 13.2. The van der Waals surface area contributed by atoms with Gasteiger partial charge in [-0.05, 0) is 54.8 Å². The minimum Gasteiger partial charge on any atom is -0.457 e. The Bertz CT molecular complexity index is 1220. The second kappa shape index (κ2) is 9.60. The number of carbonyl (C=O) groups is 3. The number of ether oxygens (including phenoxy) is 1. The molecule has 8 heteroatoms. The number of urea groups is 1. The van der Waals surface area contributed by atoms with Crippen molar-refractivity contribution in [2.24, 2.45) is 0 Å². The Morgan fingerprint density at radius 3 is 2.23 bits per heavy atom. The molecule has 0 saturated carbocycles. The lowest BCUT2D eigenvalue weighted by Gasteiger charge is -2.33. The number of benzene rings is 3. The first-order valence-electron chi connectivity index (χ1n) is 11.5. The van der Waals surface area contributed by atoms with Crippen LogP contribution in [0.5, 0.6) is 11.5 Å². The van der Waals surface area contributed by atoms with Gasteiger partial charge in [0.2, 0.25) is 0 Å². The third kappa shape index (κ3) is 4.61. The fourth-order valence-corrected chi connectivity index (χ4v) is 4.52. The summed E-state index contributed by atoms with van der Waals surface area (Å²) in [5.74, 6) is 0.444. The van der Waals surface area contributed by atoms with Gasteiger partial charge < -0.3 is 20.1 Å². The van der Waals surface area contributed by atoms with Crippen molar-refractivity contribution in [1.29, 1.82) is 0 Å². The summed E-state index contributed by atoms with van der Waals surface area (Å²) in [6.45, 7) is 0.341.